The number of aryl methyl sites for hydroxylation is 1. The van der Waals surface area contributed by atoms with Crippen LogP contribution >= 0.6 is 34.3 Å². The van der Waals surface area contributed by atoms with Gasteiger partial charge in [0.05, 0.1) is 21.5 Å². The molecule has 0 aliphatic carbocycles. The molecule has 0 bridgehead atoms. The van der Waals surface area contributed by atoms with Gasteiger partial charge in [0, 0.05) is 29.2 Å². The Kier molecular flexibility index (Phi) is 6.71. The van der Waals surface area contributed by atoms with Crippen molar-refractivity contribution < 1.29 is 34.8 Å². The van der Waals surface area contributed by atoms with Gasteiger partial charge in [0.1, 0.15) is 10.7 Å². The second kappa shape index (κ2) is 8.68. The van der Waals surface area contributed by atoms with Gasteiger partial charge in [-0.2, -0.15) is 26.3 Å². The zero-order valence-electron chi connectivity index (χ0n) is 15.1. The van der Waals surface area contributed by atoms with Crippen LogP contribution in [0.15, 0.2) is 29.0 Å². The third-order valence-corrected chi connectivity index (χ3v) is 7.42. The lowest BCUT2D eigenvalue weighted by Crippen LogP contribution is -2.24. The van der Waals surface area contributed by atoms with Crippen molar-refractivity contribution >= 4 is 44.1 Å². The summed E-state index contributed by atoms with van der Waals surface area (Å²) in [7, 11) is -5.34. The molecular formula is C17H11ClF6N2O2S3. The molecule has 3 rings (SSSR count). The van der Waals surface area contributed by atoms with E-state index in [9.17, 15) is 34.8 Å². The Bertz CT molecular complexity index is 1190. The summed E-state index contributed by atoms with van der Waals surface area (Å²) in [5.74, 6) is -1.24. The molecule has 0 atom stereocenters. The number of thiazole rings is 2. The summed E-state index contributed by atoms with van der Waals surface area (Å²) in [6, 6.07) is 3.69. The second-order valence-corrected chi connectivity index (χ2v) is 10.5. The summed E-state index contributed by atoms with van der Waals surface area (Å²) in [5, 5.41) is 3.95. The Morgan fingerprint density at radius 3 is 2.26 bits per heavy atom. The summed E-state index contributed by atoms with van der Waals surface area (Å²) in [6.45, 7) is 0. The minimum absolute atomic E-state index is 0.0101. The first-order valence-electron chi connectivity index (χ1n) is 8.30. The van der Waals surface area contributed by atoms with E-state index in [1.54, 1.807) is 10.8 Å². The fourth-order valence-corrected chi connectivity index (χ4v) is 5.16. The van der Waals surface area contributed by atoms with E-state index < -0.39 is 33.7 Å². The van der Waals surface area contributed by atoms with Crippen LogP contribution in [-0.2, 0) is 22.0 Å². The van der Waals surface area contributed by atoms with E-state index in [1.165, 1.54) is 23.5 Å². The van der Waals surface area contributed by atoms with Crippen molar-refractivity contribution in [2.45, 2.75) is 30.3 Å². The maximum Gasteiger partial charge on any atom is 0.497 e. The molecule has 0 saturated carbocycles. The Morgan fingerprint density at radius 1 is 0.968 bits per heavy atom. The topological polar surface area (TPSA) is 59.9 Å². The highest BCUT2D eigenvalue weighted by atomic mass is 35.5. The lowest BCUT2D eigenvalue weighted by molar-refractivity contribution is -0.134. The van der Waals surface area contributed by atoms with Crippen molar-refractivity contribution in [1.29, 1.82) is 0 Å². The first-order valence-corrected chi connectivity index (χ1v) is 12.1. The van der Waals surface area contributed by atoms with Crippen molar-refractivity contribution in [3.05, 3.63) is 44.6 Å². The molecule has 1 aromatic carbocycles. The summed E-state index contributed by atoms with van der Waals surface area (Å²) in [5.41, 5.74) is -4.35. The number of nitrogens with zero attached hydrogens (tertiary/aromatic N) is 2. The number of alkyl halides is 6. The molecule has 3 aromatic rings. The van der Waals surface area contributed by atoms with Crippen LogP contribution in [0.25, 0.3) is 22.0 Å². The van der Waals surface area contributed by atoms with Gasteiger partial charge < -0.3 is 0 Å². The molecule has 31 heavy (non-hydrogen) atoms. The third-order valence-electron chi connectivity index (χ3n) is 3.92. The number of sulfone groups is 1. The Morgan fingerprint density at radius 2 is 1.65 bits per heavy atom. The molecule has 0 N–H and O–H groups in total. The number of aromatic nitrogens is 2. The average molecular weight is 521 g/mol. The molecule has 0 saturated heterocycles. The zero-order chi connectivity index (χ0) is 23.0. The number of benzene rings is 1. The Hall–Kier alpha value is -1.70. The third kappa shape index (κ3) is 5.96. The van der Waals surface area contributed by atoms with E-state index in [0.29, 0.717) is 27.0 Å². The van der Waals surface area contributed by atoms with Gasteiger partial charge >= 0.3 is 11.7 Å². The molecular weight excluding hydrogens is 510 g/mol. The molecule has 4 nitrogen and oxygen atoms in total. The van der Waals surface area contributed by atoms with E-state index in [-0.39, 0.29) is 17.0 Å². The van der Waals surface area contributed by atoms with E-state index in [1.807, 2.05) is 0 Å². The van der Waals surface area contributed by atoms with Gasteiger partial charge in [0.2, 0.25) is 0 Å². The fraction of sp³-hybridized carbons (Fsp3) is 0.294. The minimum atomic E-state index is -5.37. The molecule has 2 aromatic heterocycles. The summed E-state index contributed by atoms with van der Waals surface area (Å²) in [4.78, 5) is 8.49. The minimum Gasteiger partial charge on any atom is -0.239 e. The van der Waals surface area contributed by atoms with Crippen molar-refractivity contribution in [2.24, 2.45) is 0 Å². The molecule has 168 valence electrons. The molecule has 0 aliphatic heterocycles. The highest BCUT2D eigenvalue weighted by Gasteiger charge is 2.45. The lowest BCUT2D eigenvalue weighted by atomic mass is 10.1. The van der Waals surface area contributed by atoms with Gasteiger partial charge in [-0.3, -0.25) is 0 Å². The lowest BCUT2D eigenvalue weighted by Gasteiger charge is -2.09. The molecule has 0 amide bonds. The van der Waals surface area contributed by atoms with Crippen LogP contribution in [0.5, 0.6) is 0 Å². The maximum absolute atomic E-state index is 12.5. The molecule has 0 aliphatic rings. The van der Waals surface area contributed by atoms with Crippen molar-refractivity contribution in [2.75, 3.05) is 0 Å². The van der Waals surface area contributed by atoms with Crippen molar-refractivity contribution in [1.82, 2.24) is 9.97 Å². The highest BCUT2D eigenvalue weighted by molar-refractivity contribution is 7.91. The smallest absolute Gasteiger partial charge is 0.239 e. The van der Waals surface area contributed by atoms with Crippen LogP contribution in [-0.4, -0.2) is 30.1 Å². The first-order chi connectivity index (χ1) is 14.2. The SMILES string of the molecule is O=S(=O)(Cc1ccc(-c2csc(-c3csc(CCC(F)(F)F)n3)n2)c(Cl)c1)C(F)(F)F. The van der Waals surface area contributed by atoms with E-state index in [4.69, 9.17) is 11.6 Å². The van der Waals surface area contributed by atoms with Crippen LogP contribution in [0.2, 0.25) is 5.02 Å². The van der Waals surface area contributed by atoms with Gasteiger partial charge in [-0.1, -0.05) is 23.7 Å². The number of halogens is 7. The fourth-order valence-electron chi connectivity index (χ4n) is 2.45. The first kappa shape index (κ1) is 24.0. The largest absolute Gasteiger partial charge is 0.497 e. The van der Waals surface area contributed by atoms with Gasteiger partial charge in [-0.25, -0.2) is 18.4 Å². The summed E-state index contributed by atoms with van der Waals surface area (Å²) in [6.07, 6.45) is -5.49. The van der Waals surface area contributed by atoms with Gasteiger partial charge in [-0.05, 0) is 11.6 Å². The van der Waals surface area contributed by atoms with Gasteiger partial charge in [-0.15, -0.1) is 22.7 Å². The van der Waals surface area contributed by atoms with Crippen LogP contribution < -0.4 is 0 Å². The molecule has 0 fully saturated rings. The van der Waals surface area contributed by atoms with Gasteiger partial charge in [0.25, 0.3) is 9.84 Å². The van der Waals surface area contributed by atoms with E-state index >= 15 is 0 Å². The number of hydrogen-bond donors (Lipinski definition) is 0. The van der Waals surface area contributed by atoms with E-state index in [2.05, 4.69) is 9.97 Å². The van der Waals surface area contributed by atoms with Crippen LogP contribution in [0.4, 0.5) is 26.3 Å². The predicted octanol–water partition coefficient (Wildman–Crippen LogP) is 6.52. The van der Waals surface area contributed by atoms with Crippen molar-refractivity contribution in [3.63, 3.8) is 0 Å². The summed E-state index contributed by atoms with van der Waals surface area (Å²) < 4.78 is 97.3. The Balaban J connectivity index is 1.78. The number of hydrogen-bond acceptors (Lipinski definition) is 6. The second-order valence-electron chi connectivity index (χ2n) is 6.30. The predicted molar refractivity (Wildman–Crippen MR) is 107 cm³/mol. The van der Waals surface area contributed by atoms with Crippen molar-refractivity contribution in [3.8, 4) is 22.0 Å². The highest BCUT2D eigenvalue weighted by Crippen LogP contribution is 2.35. The van der Waals surface area contributed by atoms with Crippen LogP contribution in [0, 0.1) is 0 Å². The standard InChI is InChI=1S/C17H11ClF6N2O2S3/c18-11-5-9(8-31(27,28)17(22,23)24)1-2-10(11)12-6-30-15(26-12)13-7-29-14(25-13)3-4-16(19,20)21/h1-2,5-7H,3-4,8H2. The van der Waals surface area contributed by atoms with Crippen LogP contribution in [0.3, 0.4) is 0 Å². The molecule has 0 spiro atoms. The molecule has 0 radical (unpaired) electrons. The quantitative estimate of drug-likeness (QED) is 0.347. The maximum atomic E-state index is 12.5. The monoisotopic (exact) mass is 520 g/mol. The Labute approximate surface area is 185 Å². The number of rotatable bonds is 6. The normalized spacial score (nSPS) is 13.0. The summed E-state index contributed by atoms with van der Waals surface area (Å²) >= 11 is 8.37. The van der Waals surface area contributed by atoms with Crippen LogP contribution in [0.1, 0.15) is 17.0 Å². The van der Waals surface area contributed by atoms with E-state index in [0.717, 1.165) is 17.4 Å². The van der Waals surface area contributed by atoms with Gasteiger partial charge in [0.15, 0.2) is 0 Å². The average Bonchev–Trinajstić information content (AvgIpc) is 3.27. The molecule has 2 heterocycles. The zero-order valence-corrected chi connectivity index (χ0v) is 18.3. The molecule has 0 unspecified atom stereocenters. The molecule has 14 heteroatoms.